The Morgan fingerprint density at radius 1 is 0.956 bits per heavy atom. The van der Waals surface area contributed by atoms with E-state index in [1.807, 2.05) is 0 Å². The molecule has 0 saturated heterocycles. The van der Waals surface area contributed by atoms with Crippen LogP contribution >= 0.6 is 0 Å². The Labute approximate surface area is 263 Å². The molecule has 0 aromatic heterocycles. The fourth-order valence-electron chi connectivity index (χ4n) is 4.33. The number of carboxylic acids is 1. The maximum atomic E-state index is 13.6. The van der Waals surface area contributed by atoms with Crippen molar-refractivity contribution in [3.8, 4) is 0 Å². The van der Waals surface area contributed by atoms with E-state index in [1.54, 1.807) is 85.7 Å². The van der Waals surface area contributed by atoms with Gasteiger partial charge in [0.2, 0.25) is 11.8 Å². The molecule has 0 radical (unpaired) electrons. The molecule has 4 N–H and O–H groups in total. The van der Waals surface area contributed by atoms with E-state index in [1.165, 1.54) is 0 Å². The zero-order chi connectivity index (χ0) is 34.2. The van der Waals surface area contributed by atoms with E-state index in [-0.39, 0.29) is 19.4 Å². The SMILES string of the molecule is CC(C)C(NC(=O)C1(NC(=O)[C@H](C=CC(=O)OC(C)(C)C)NC(=O)OCc2ccccc2)CC1CC(=O)OC(C)(C)C)C(=O)O. The van der Waals surface area contributed by atoms with Crippen molar-refractivity contribution in [2.75, 3.05) is 0 Å². The molecule has 3 amide bonds. The maximum absolute atomic E-state index is 13.6. The number of nitrogens with one attached hydrogen (secondary N) is 3. The lowest BCUT2D eigenvalue weighted by atomic mass is 10.0. The zero-order valence-electron chi connectivity index (χ0n) is 27.1. The van der Waals surface area contributed by atoms with Gasteiger partial charge in [-0.1, -0.05) is 44.2 Å². The van der Waals surface area contributed by atoms with Crippen molar-refractivity contribution < 1.29 is 48.1 Å². The molecule has 0 aliphatic heterocycles. The van der Waals surface area contributed by atoms with E-state index in [0.717, 1.165) is 12.2 Å². The Kier molecular flexibility index (Phi) is 12.3. The molecule has 1 aliphatic rings. The van der Waals surface area contributed by atoms with Crippen molar-refractivity contribution in [1.82, 2.24) is 16.0 Å². The van der Waals surface area contributed by atoms with Crippen LogP contribution in [0.5, 0.6) is 0 Å². The van der Waals surface area contributed by atoms with Crippen molar-refractivity contribution in [3.05, 3.63) is 48.0 Å². The van der Waals surface area contributed by atoms with Gasteiger partial charge in [-0.05, 0) is 65.5 Å². The topological polar surface area (TPSA) is 186 Å². The van der Waals surface area contributed by atoms with Crippen LogP contribution in [0.3, 0.4) is 0 Å². The molecule has 0 spiro atoms. The molecule has 13 heteroatoms. The molecule has 1 aromatic rings. The highest BCUT2D eigenvalue weighted by Gasteiger charge is 2.62. The Morgan fingerprint density at radius 3 is 2.09 bits per heavy atom. The Balaban J connectivity index is 2.33. The monoisotopic (exact) mass is 631 g/mol. The van der Waals surface area contributed by atoms with Gasteiger partial charge in [-0.3, -0.25) is 14.4 Å². The minimum absolute atomic E-state index is 0.00476. The first-order chi connectivity index (χ1) is 20.7. The Morgan fingerprint density at radius 2 is 1.56 bits per heavy atom. The number of benzene rings is 1. The van der Waals surface area contributed by atoms with Crippen molar-refractivity contribution in [3.63, 3.8) is 0 Å². The van der Waals surface area contributed by atoms with Gasteiger partial charge in [0.1, 0.15) is 35.4 Å². The molecule has 248 valence electrons. The van der Waals surface area contributed by atoms with Crippen LogP contribution in [0.25, 0.3) is 0 Å². The average molecular weight is 632 g/mol. The van der Waals surface area contributed by atoms with E-state index in [4.69, 9.17) is 14.2 Å². The molecule has 2 rings (SSSR count). The third-order valence-corrected chi connectivity index (χ3v) is 6.51. The second-order valence-electron chi connectivity index (χ2n) is 13.3. The van der Waals surface area contributed by atoms with Gasteiger partial charge in [-0.15, -0.1) is 0 Å². The molecule has 13 nitrogen and oxygen atoms in total. The van der Waals surface area contributed by atoms with Gasteiger partial charge in [-0.2, -0.15) is 0 Å². The molecule has 4 atom stereocenters. The fourth-order valence-corrected chi connectivity index (χ4v) is 4.33. The normalized spacial score (nSPS) is 19.2. The number of rotatable bonds is 13. The number of alkyl carbamates (subject to hydrolysis) is 1. The van der Waals surface area contributed by atoms with Gasteiger partial charge in [0.25, 0.3) is 0 Å². The lowest BCUT2D eigenvalue weighted by Gasteiger charge is -2.26. The van der Waals surface area contributed by atoms with Gasteiger partial charge < -0.3 is 35.3 Å². The number of hydrogen-bond acceptors (Lipinski definition) is 9. The third kappa shape index (κ3) is 12.2. The van der Waals surface area contributed by atoms with Crippen LogP contribution < -0.4 is 16.0 Å². The summed E-state index contributed by atoms with van der Waals surface area (Å²) in [7, 11) is 0. The third-order valence-electron chi connectivity index (χ3n) is 6.51. The van der Waals surface area contributed by atoms with E-state index in [2.05, 4.69) is 16.0 Å². The second-order valence-corrected chi connectivity index (χ2v) is 13.3. The summed E-state index contributed by atoms with van der Waals surface area (Å²) in [5.41, 5.74) is -2.63. The highest BCUT2D eigenvalue weighted by molar-refractivity contribution is 5.99. The first kappa shape index (κ1) is 36.8. The molecular formula is C32H45N3O10. The second kappa shape index (κ2) is 15.0. The largest absolute Gasteiger partial charge is 0.480 e. The molecule has 3 unspecified atom stereocenters. The van der Waals surface area contributed by atoms with Crippen LogP contribution in [-0.2, 0) is 44.8 Å². The standard InChI is InChI=1S/C32H45N3O10/c1-19(2)25(27(39)40)34-28(41)32(17-21(32)16-24(37)45-31(6,7)8)35-26(38)22(14-15-23(36)44-30(3,4)5)33-29(42)43-18-20-12-10-9-11-13-20/h9-15,19,21-22,25H,16-18H2,1-8H3,(H,33,42)(H,34,41)(H,35,38)(H,39,40)/t21?,22-,25?,32?/m0/s1. The first-order valence-corrected chi connectivity index (χ1v) is 14.7. The van der Waals surface area contributed by atoms with E-state index in [9.17, 15) is 33.9 Å². The number of hydrogen-bond donors (Lipinski definition) is 4. The van der Waals surface area contributed by atoms with E-state index in [0.29, 0.717) is 5.56 Å². The smallest absolute Gasteiger partial charge is 0.408 e. The number of ether oxygens (including phenoxy) is 3. The van der Waals surface area contributed by atoms with Crippen LogP contribution in [0.4, 0.5) is 4.79 Å². The summed E-state index contributed by atoms with van der Waals surface area (Å²) in [4.78, 5) is 76.6. The van der Waals surface area contributed by atoms with Gasteiger partial charge in [-0.25, -0.2) is 14.4 Å². The van der Waals surface area contributed by atoms with Gasteiger partial charge in [0.15, 0.2) is 0 Å². The maximum Gasteiger partial charge on any atom is 0.408 e. The highest BCUT2D eigenvalue weighted by atomic mass is 16.6. The number of carbonyl (C=O) groups is 6. The highest BCUT2D eigenvalue weighted by Crippen LogP contribution is 2.47. The summed E-state index contributed by atoms with van der Waals surface area (Å²) in [6.45, 7) is 13.1. The van der Waals surface area contributed by atoms with Crippen molar-refractivity contribution in [1.29, 1.82) is 0 Å². The van der Waals surface area contributed by atoms with Gasteiger partial charge in [0, 0.05) is 12.0 Å². The minimum atomic E-state index is -1.69. The van der Waals surface area contributed by atoms with E-state index < -0.39 is 76.5 Å². The average Bonchev–Trinajstić information content (AvgIpc) is 3.58. The number of esters is 2. The molecule has 1 saturated carbocycles. The lowest BCUT2D eigenvalue weighted by Crippen LogP contribution is -2.58. The first-order valence-electron chi connectivity index (χ1n) is 14.7. The number of amides is 3. The van der Waals surface area contributed by atoms with Crippen LogP contribution in [0.2, 0.25) is 0 Å². The summed E-state index contributed by atoms with van der Waals surface area (Å²) in [6.07, 6.45) is 0.811. The summed E-state index contributed by atoms with van der Waals surface area (Å²) < 4.78 is 15.9. The van der Waals surface area contributed by atoms with Crippen molar-refractivity contribution >= 4 is 35.8 Å². The molecule has 0 heterocycles. The molecular weight excluding hydrogens is 586 g/mol. The molecule has 1 fully saturated rings. The van der Waals surface area contributed by atoms with Crippen LogP contribution in [0, 0.1) is 11.8 Å². The molecule has 1 aromatic carbocycles. The minimum Gasteiger partial charge on any atom is -0.480 e. The summed E-state index contributed by atoms with van der Waals surface area (Å²) >= 11 is 0. The quantitative estimate of drug-likeness (QED) is 0.143. The molecule has 45 heavy (non-hydrogen) atoms. The van der Waals surface area contributed by atoms with Gasteiger partial charge >= 0.3 is 24.0 Å². The Hall–Kier alpha value is -4.42. The van der Waals surface area contributed by atoms with Crippen molar-refractivity contribution in [2.45, 2.75) is 104 Å². The molecule has 0 bridgehead atoms. The summed E-state index contributed by atoms with van der Waals surface area (Å²) in [5.74, 6) is -5.63. The van der Waals surface area contributed by atoms with Crippen molar-refractivity contribution in [2.24, 2.45) is 11.8 Å². The number of aliphatic carboxylic acids is 1. The van der Waals surface area contributed by atoms with E-state index >= 15 is 0 Å². The number of carboxylic acid groups (broad SMARTS) is 1. The van der Waals surface area contributed by atoms with Crippen LogP contribution in [-0.4, -0.2) is 69.7 Å². The Bertz CT molecular complexity index is 1280. The predicted octanol–water partition coefficient (Wildman–Crippen LogP) is 3.01. The summed E-state index contributed by atoms with van der Waals surface area (Å²) in [5, 5.41) is 17.1. The molecule has 1 aliphatic carbocycles. The number of carbonyl (C=O) groups excluding carboxylic acids is 5. The van der Waals surface area contributed by atoms with Crippen LogP contribution in [0.15, 0.2) is 42.5 Å². The predicted molar refractivity (Wildman–Crippen MR) is 162 cm³/mol. The lowest BCUT2D eigenvalue weighted by molar-refractivity contribution is -0.155. The van der Waals surface area contributed by atoms with Crippen LogP contribution in [0.1, 0.15) is 73.8 Å². The zero-order valence-corrected chi connectivity index (χ0v) is 27.1. The fraction of sp³-hybridized carbons (Fsp3) is 0.562. The van der Waals surface area contributed by atoms with Gasteiger partial charge in [0.05, 0.1) is 6.42 Å². The summed E-state index contributed by atoms with van der Waals surface area (Å²) in [6, 6.07) is 6.00.